The zero-order chi connectivity index (χ0) is 30.9. The smallest absolute Gasteiger partial charge is 0.0998 e. The van der Waals surface area contributed by atoms with Crippen molar-refractivity contribution >= 4 is 21.8 Å². The van der Waals surface area contributed by atoms with Crippen LogP contribution < -0.4 is 0 Å². The molecular formula is C40H21N5. The zero-order valence-electron chi connectivity index (χ0n) is 23.9. The van der Waals surface area contributed by atoms with E-state index >= 15 is 0 Å². The fraction of sp³-hybridized carbons (Fsp3) is 0. The molecule has 0 aliphatic heterocycles. The van der Waals surface area contributed by atoms with E-state index in [1.807, 2.05) is 84.9 Å². The largest absolute Gasteiger partial charge is 0.309 e. The lowest BCUT2D eigenvalue weighted by Gasteiger charge is -2.16. The van der Waals surface area contributed by atoms with Crippen molar-refractivity contribution in [2.24, 2.45) is 0 Å². The molecule has 0 aliphatic rings. The Morgan fingerprint density at radius 3 is 1.53 bits per heavy atom. The van der Waals surface area contributed by atoms with Gasteiger partial charge in [0.05, 0.1) is 57.6 Å². The van der Waals surface area contributed by atoms with Crippen molar-refractivity contribution in [3.8, 4) is 63.3 Å². The van der Waals surface area contributed by atoms with Crippen molar-refractivity contribution in [3.05, 3.63) is 150 Å². The summed E-state index contributed by atoms with van der Waals surface area (Å²) in [7, 11) is 0. The maximum Gasteiger partial charge on any atom is 0.0998 e. The van der Waals surface area contributed by atoms with E-state index in [2.05, 4.69) is 34.9 Å². The van der Waals surface area contributed by atoms with Gasteiger partial charge in [-0.1, -0.05) is 84.9 Å². The van der Waals surface area contributed by atoms with Gasteiger partial charge in [-0.25, -0.2) is 0 Å². The lowest BCUT2D eigenvalue weighted by atomic mass is 9.86. The van der Waals surface area contributed by atoms with Gasteiger partial charge in [0.2, 0.25) is 0 Å². The fourth-order valence-electron chi connectivity index (χ4n) is 6.36. The highest BCUT2D eigenvalue weighted by Gasteiger charge is 2.26. The number of nitriles is 4. The molecule has 0 fully saturated rings. The molecule has 5 heteroatoms. The van der Waals surface area contributed by atoms with Crippen LogP contribution in [0.5, 0.6) is 0 Å². The van der Waals surface area contributed by atoms with Crippen LogP contribution in [0.4, 0.5) is 0 Å². The predicted molar refractivity (Wildman–Crippen MR) is 176 cm³/mol. The first-order valence-corrected chi connectivity index (χ1v) is 14.3. The van der Waals surface area contributed by atoms with Gasteiger partial charge in [0.15, 0.2) is 0 Å². The third-order valence-electron chi connectivity index (χ3n) is 8.18. The van der Waals surface area contributed by atoms with Crippen molar-refractivity contribution in [2.45, 2.75) is 0 Å². The van der Waals surface area contributed by atoms with Crippen LogP contribution >= 0.6 is 0 Å². The Kier molecular flexibility index (Phi) is 6.62. The molecule has 45 heavy (non-hydrogen) atoms. The first kappa shape index (κ1) is 26.9. The molecule has 0 amide bonds. The Labute approximate surface area is 259 Å². The lowest BCUT2D eigenvalue weighted by Crippen LogP contribution is -1.98. The Hall–Kier alpha value is -6.92. The minimum absolute atomic E-state index is 0.400. The van der Waals surface area contributed by atoms with Gasteiger partial charge in [-0.3, -0.25) is 0 Å². The first-order valence-electron chi connectivity index (χ1n) is 14.3. The number of para-hydroxylation sites is 2. The summed E-state index contributed by atoms with van der Waals surface area (Å²) in [5.74, 6) is 0. The molecule has 6 aromatic carbocycles. The van der Waals surface area contributed by atoms with E-state index in [-0.39, 0.29) is 0 Å². The molecule has 0 aliphatic carbocycles. The molecule has 7 aromatic rings. The number of hydrogen-bond donors (Lipinski definition) is 0. The highest BCUT2D eigenvalue weighted by Crippen LogP contribution is 2.48. The molecule has 5 nitrogen and oxygen atoms in total. The minimum Gasteiger partial charge on any atom is -0.309 e. The van der Waals surface area contributed by atoms with Crippen LogP contribution in [0.25, 0.3) is 60.9 Å². The third-order valence-corrected chi connectivity index (χ3v) is 8.18. The number of aromatic nitrogens is 1. The van der Waals surface area contributed by atoms with E-state index < -0.39 is 0 Å². The van der Waals surface area contributed by atoms with Crippen LogP contribution in [-0.2, 0) is 0 Å². The normalized spacial score (nSPS) is 10.6. The van der Waals surface area contributed by atoms with Crippen molar-refractivity contribution in [2.75, 3.05) is 0 Å². The van der Waals surface area contributed by atoms with Crippen LogP contribution in [0.2, 0.25) is 0 Å². The molecule has 1 aromatic heterocycles. The summed E-state index contributed by atoms with van der Waals surface area (Å²) in [6, 6.07) is 49.6. The van der Waals surface area contributed by atoms with Gasteiger partial charge in [-0.2, -0.15) is 21.0 Å². The van der Waals surface area contributed by atoms with Gasteiger partial charge >= 0.3 is 0 Å². The maximum atomic E-state index is 10.3. The number of nitrogens with zero attached hydrogens (tertiary/aromatic N) is 5. The first-order chi connectivity index (χ1) is 22.2. The Morgan fingerprint density at radius 1 is 0.422 bits per heavy atom. The highest BCUT2D eigenvalue weighted by atomic mass is 15.0. The SMILES string of the molecule is N#Cc1cccc(C#N)c1-c1c(-c2ccccc2)ccc2c1c1cccc(-c3c(C#N)cccc3C#N)c1n2-c1ccccc1. The summed E-state index contributed by atoms with van der Waals surface area (Å²) in [6.45, 7) is 0. The molecule has 0 saturated carbocycles. The second-order valence-corrected chi connectivity index (χ2v) is 10.5. The Balaban J connectivity index is 1.78. The molecule has 0 radical (unpaired) electrons. The third kappa shape index (κ3) is 4.21. The second kappa shape index (κ2) is 11.1. The number of rotatable bonds is 4. The van der Waals surface area contributed by atoms with Crippen molar-refractivity contribution < 1.29 is 0 Å². The maximum absolute atomic E-state index is 10.3. The van der Waals surface area contributed by atoms with E-state index in [1.165, 1.54) is 0 Å². The van der Waals surface area contributed by atoms with Crippen molar-refractivity contribution in [1.29, 1.82) is 21.0 Å². The molecule has 0 saturated heterocycles. The summed E-state index contributed by atoms with van der Waals surface area (Å²) in [5.41, 5.74) is 8.66. The van der Waals surface area contributed by atoms with Crippen molar-refractivity contribution in [3.63, 3.8) is 0 Å². The molecule has 0 atom stereocenters. The van der Waals surface area contributed by atoms with Gasteiger partial charge in [0, 0.05) is 38.7 Å². The summed E-state index contributed by atoms with van der Waals surface area (Å²) in [4.78, 5) is 0. The van der Waals surface area contributed by atoms with E-state index in [0.717, 1.165) is 49.7 Å². The van der Waals surface area contributed by atoms with E-state index in [4.69, 9.17) is 0 Å². The standard InChI is InChI=1S/C40H21N5/c41-22-27-12-7-13-28(23-42)36(27)33-18-9-19-34-38-35(45(40(33)34)31-16-5-2-6-17-31)21-20-32(26-10-3-1-4-11-26)39(38)37-29(24-43)14-8-15-30(37)25-44/h1-21H. The second-order valence-electron chi connectivity index (χ2n) is 10.5. The molecule has 1 heterocycles. The van der Waals surface area contributed by atoms with Gasteiger partial charge < -0.3 is 4.57 Å². The van der Waals surface area contributed by atoms with Gasteiger partial charge in [-0.05, 0) is 53.6 Å². The summed E-state index contributed by atoms with van der Waals surface area (Å²) < 4.78 is 2.15. The summed E-state index contributed by atoms with van der Waals surface area (Å²) in [5, 5.41) is 42.6. The van der Waals surface area contributed by atoms with Crippen molar-refractivity contribution in [1.82, 2.24) is 4.57 Å². The van der Waals surface area contributed by atoms with Crippen LogP contribution in [0.1, 0.15) is 22.3 Å². The van der Waals surface area contributed by atoms with Crippen LogP contribution in [0.15, 0.2) is 127 Å². The number of hydrogen-bond acceptors (Lipinski definition) is 4. The van der Waals surface area contributed by atoms with Gasteiger partial charge in [-0.15, -0.1) is 0 Å². The van der Waals surface area contributed by atoms with E-state index in [9.17, 15) is 21.0 Å². The molecule has 0 unspecified atom stereocenters. The van der Waals surface area contributed by atoms with Gasteiger partial charge in [0.25, 0.3) is 0 Å². The molecule has 0 spiro atoms. The Bertz CT molecular complexity index is 2400. The molecule has 0 N–H and O–H groups in total. The minimum atomic E-state index is 0.400. The fourth-order valence-corrected chi connectivity index (χ4v) is 6.36. The zero-order valence-corrected chi connectivity index (χ0v) is 23.9. The number of benzene rings is 6. The van der Waals surface area contributed by atoms with Crippen LogP contribution in [0, 0.1) is 45.3 Å². The highest BCUT2D eigenvalue weighted by molar-refractivity contribution is 6.22. The van der Waals surface area contributed by atoms with Gasteiger partial charge in [0.1, 0.15) is 0 Å². The quantitative estimate of drug-likeness (QED) is 0.210. The topological polar surface area (TPSA) is 100 Å². The Morgan fingerprint density at radius 2 is 0.956 bits per heavy atom. The predicted octanol–water partition coefficient (Wildman–Crippen LogP) is 9.27. The van der Waals surface area contributed by atoms with E-state index in [0.29, 0.717) is 33.4 Å². The molecule has 7 rings (SSSR count). The average molecular weight is 572 g/mol. The summed E-state index contributed by atoms with van der Waals surface area (Å²) >= 11 is 0. The summed E-state index contributed by atoms with van der Waals surface area (Å²) in [6.07, 6.45) is 0. The molecule has 0 bridgehead atoms. The molecular weight excluding hydrogens is 550 g/mol. The van der Waals surface area contributed by atoms with E-state index in [1.54, 1.807) is 36.4 Å². The monoisotopic (exact) mass is 571 g/mol. The lowest BCUT2D eigenvalue weighted by molar-refractivity contribution is 1.18. The molecule has 206 valence electrons. The van der Waals surface area contributed by atoms with Crippen LogP contribution in [0.3, 0.4) is 0 Å². The number of fused-ring (bicyclic) bond motifs is 3. The van der Waals surface area contributed by atoms with Crippen LogP contribution in [-0.4, -0.2) is 4.57 Å². The average Bonchev–Trinajstić information content (AvgIpc) is 3.46.